The van der Waals surface area contributed by atoms with Gasteiger partial charge in [0.1, 0.15) is 5.75 Å². The van der Waals surface area contributed by atoms with Gasteiger partial charge < -0.3 is 10.1 Å². The van der Waals surface area contributed by atoms with Crippen LogP contribution in [0, 0.1) is 0 Å². The van der Waals surface area contributed by atoms with Crippen LogP contribution in [0.15, 0.2) is 36.4 Å². The van der Waals surface area contributed by atoms with Crippen LogP contribution in [0.1, 0.15) is 15.9 Å². The van der Waals surface area contributed by atoms with E-state index in [9.17, 15) is 14.4 Å². The largest absolute Gasteiger partial charge is 0.495 e. The molecule has 0 atom stereocenters. The number of methoxy groups -OCH3 is 1. The highest BCUT2D eigenvalue weighted by molar-refractivity contribution is 6.37. The maximum absolute atomic E-state index is 12.1. The van der Waals surface area contributed by atoms with Crippen molar-refractivity contribution < 1.29 is 19.1 Å². The maximum Gasteiger partial charge on any atom is 0.326 e. The van der Waals surface area contributed by atoms with E-state index in [0.717, 1.165) is 0 Å². The van der Waals surface area contributed by atoms with Gasteiger partial charge in [-0.25, -0.2) is 4.79 Å². The summed E-state index contributed by atoms with van der Waals surface area (Å²) in [4.78, 5) is 34.6. The topological polar surface area (TPSA) is 84.5 Å². The molecular formula is C16H11Cl2N2O4. The molecule has 0 saturated heterocycles. The van der Waals surface area contributed by atoms with Crippen molar-refractivity contribution in [3.05, 3.63) is 57.6 Å². The van der Waals surface area contributed by atoms with Gasteiger partial charge in [0.05, 0.1) is 23.4 Å². The first-order chi connectivity index (χ1) is 11.4. The van der Waals surface area contributed by atoms with Gasteiger partial charge in [-0.05, 0) is 36.4 Å². The van der Waals surface area contributed by atoms with Gasteiger partial charge in [0.2, 0.25) is 6.29 Å². The van der Waals surface area contributed by atoms with Crippen LogP contribution in [0.5, 0.6) is 5.75 Å². The summed E-state index contributed by atoms with van der Waals surface area (Å²) < 4.78 is 5.07. The lowest BCUT2D eigenvalue weighted by molar-refractivity contribution is 0.0967. The summed E-state index contributed by atoms with van der Waals surface area (Å²) in [6, 6.07) is 7.81. The Hall–Kier alpha value is -2.57. The van der Waals surface area contributed by atoms with E-state index in [1.807, 2.05) is 0 Å². The van der Waals surface area contributed by atoms with Crippen LogP contribution < -0.4 is 15.4 Å². The lowest BCUT2D eigenvalue weighted by Crippen LogP contribution is -2.34. The van der Waals surface area contributed by atoms with Crippen LogP contribution in [0.3, 0.4) is 0 Å². The van der Waals surface area contributed by atoms with Gasteiger partial charge in [-0.3, -0.25) is 14.9 Å². The van der Waals surface area contributed by atoms with E-state index in [1.54, 1.807) is 6.29 Å². The van der Waals surface area contributed by atoms with Crippen LogP contribution in [-0.4, -0.2) is 25.3 Å². The Kier molecular flexibility index (Phi) is 5.78. The fourth-order valence-corrected chi connectivity index (χ4v) is 2.35. The molecule has 0 fully saturated rings. The molecule has 2 rings (SSSR count). The Balaban J connectivity index is 2.10. The molecule has 0 bridgehead atoms. The standard InChI is InChI=1S/C16H11Cl2N2O4/c1-24-14-6-9(8-21)2-5-13(14)19-16(23)20-15(22)11-4-3-10(17)7-12(11)18/h2-7H,1H3,(H2,19,20,22,23). The molecule has 123 valence electrons. The number of carbonyl (C=O) groups excluding carboxylic acids is 3. The van der Waals surface area contributed by atoms with E-state index in [4.69, 9.17) is 27.9 Å². The molecule has 8 heteroatoms. The zero-order chi connectivity index (χ0) is 17.7. The molecule has 0 unspecified atom stereocenters. The number of hydrogen-bond donors (Lipinski definition) is 2. The maximum atomic E-state index is 12.1. The van der Waals surface area contributed by atoms with E-state index >= 15 is 0 Å². The summed E-state index contributed by atoms with van der Waals surface area (Å²) in [7, 11) is 1.38. The Labute approximate surface area is 147 Å². The minimum atomic E-state index is -0.785. The second-order valence-corrected chi connectivity index (χ2v) is 5.39. The van der Waals surface area contributed by atoms with Gasteiger partial charge in [0.25, 0.3) is 5.91 Å². The van der Waals surface area contributed by atoms with Crippen LogP contribution in [0.25, 0.3) is 0 Å². The molecule has 0 heterocycles. The summed E-state index contributed by atoms with van der Waals surface area (Å²) in [6.07, 6.45) is 1.71. The SMILES string of the molecule is COc1cc([C]=O)ccc1NC(=O)NC(=O)c1ccc(Cl)cc1Cl. The second-order valence-electron chi connectivity index (χ2n) is 4.55. The minimum absolute atomic E-state index is 0.106. The smallest absolute Gasteiger partial charge is 0.326 e. The predicted molar refractivity (Wildman–Crippen MR) is 90.7 cm³/mol. The molecular weight excluding hydrogens is 355 g/mol. The Morgan fingerprint density at radius 1 is 1.12 bits per heavy atom. The van der Waals surface area contributed by atoms with Gasteiger partial charge in [-0.2, -0.15) is 0 Å². The highest BCUT2D eigenvalue weighted by Crippen LogP contribution is 2.25. The Morgan fingerprint density at radius 2 is 1.88 bits per heavy atom. The fourth-order valence-electron chi connectivity index (χ4n) is 1.86. The Morgan fingerprint density at radius 3 is 2.50 bits per heavy atom. The summed E-state index contributed by atoms with van der Waals surface area (Å²) >= 11 is 11.7. The number of ether oxygens (including phenoxy) is 1. The summed E-state index contributed by atoms with van der Waals surface area (Å²) in [6.45, 7) is 0. The third kappa shape index (κ3) is 4.24. The predicted octanol–water partition coefficient (Wildman–Crippen LogP) is 3.42. The van der Waals surface area contributed by atoms with Gasteiger partial charge in [-0.1, -0.05) is 23.2 Å². The molecule has 2 aromatic rings. The van der Waals surface area contributed by atoms with Gasteiger partial charge in [0.15, 0.2) is 0 Å². The molecule has 6 nitrogen and oxygen atoms in total. The summed E-state index contributed by atoms with van der Waals surface area (Å²) in [5.41, 5.74) is 0.653. The van der Waals surface area contributed by atoms with Gasteiger partial charge in [0, 0.05) is 10.6 Å². The number of hydrogen-bond acceptors (Lipinski definition) is 4. The van der Waals surface area contributed by atoms with E-state index < -0.39 is 11.9 Å². The number of nitrogens with one attached hydrogen (secondary N) is 2. The van der Waals surface area contributed by atoms with Crippen molar-refractivity contribution in [2.24, 2.45) is 0 Å². The van der Waals surface area contributed by atoms with Gasteiger partial charge in [-0.15, -0.1) is 0 Å². The van der Waals surface area contributed by atoms with E-state index in [2.05, 4.69) is 10.6 Å². The Bertz CT molecular complexity index is 809. The number of rotatable bonds is 4. The minimum Gasteiger partial charge on any atom is -0.495 e. The van der Waals surface area contributed by atoms with Crippen molar-refractivity contribution in [2.45, 2.75) is 0 Å². The van der Waals surface area contributed by atoms with Crippen LogP contribution in [0.2, 0.25) is 10.0 Å². The molecule has 2 N–H and O–H groups in total. The van der Waals surface area contributed by atoms with E-state index in [1.165, 1.54) is 43.5 Å². The van der Waals surface area contributed by atoms with Crippen LogP contribution in [-0.2, 0) is 4.79 Å². The molecule has 3 amide bonds. The fraction of sp³-hybridized carbons (Fsp3) is 0.0625. The molecule has 0 saturated carbocycles. The number of halogens is 2. The van der Waals surface area contributed by atoms with E-state index in [0.29, 0.717) is 5.02 Å². The zero-order valence-electron chi connectivity index (χ0n) is 12.4. The quantitative estimate of drug-likeness (QED) is 0.869. The highest BCUT2D eigenvalue weighted by Gasteiger charge is 2.15. The molecule has 0 spiro atoms. The van der Waals surface area contributed by atoms with Crippen LogP contribution >= 0.6 is 23.2 Å². The summed E-state index contributed by atoms with van der Waals surface area (Å²) in [5.74, 6) is -0.436. The van der Waals surface area contributed by atoms with Crippen molar-refractivity contribution in [1.29, 1.82) is 0 Å². The van der Waals surface area contributed by atoms with Crippen molar-refractivity contribution in [3.8, 4) is 5.75 Å². The first-order valence-corrected chi connectivity index (χ1v) is 7.33. The molecule has 0 aliphatic carbocycles. The van der Waals surface area contributed by atoms with Crippen molar-refractivity contribution >= 4 is 47.1 Å². The van der Waals surface area contributed by atoms with Gasteiger partial charge >= 0.3 is 6.03 Å². The molecule has 0 aliphatic rings. The zero-order valence-corrected chi connectivity index (χ0v) is 13.9. The van der Waals surface area contributed by atoms with E-state index in [-0.39, 0.29) is 27.6 Å². The normalized spacial score (nSPS) is 9.96. The van der Waals surface area contributed by atoms with Crippen molar-refractivity contribution in [3.63, 3.8) is 0 Å². The summed E-state index contributed by atoms with van der Waals surface area (Å²) in [5, 5.41) is 5.08. The number of benzene rings is 2. The number of carbonyl (C=O) groups is 2. The first kappa shape index (κ1) is 17.8. The average Bonchev–Trinajstić information content (AvgIpc) is 2.54. The lowest BCUT2D eigenvalue weighted by atomic mass is 10.2. The molecule has 0 aliphatic heterocycles. The molecule has 0 aromatic heterocycles. The lowest BCUT2D eigenvalue weighted by Gasteiger charge is -2.11. The number of anilines is 1. The first-order valence-electron chi connectivity index (χ1n) is 6.58. The van der Waals surface area contributed by atoms with Crippen LogP contribution in [0.4, 0.5) is 10.5 Å². The monoisotopic (exact) mass is 365 g/mol. The van der Waals surface area contributed by atoms with Crippen molar-refractivity contribution in [2.75, 3.05) is 12.4 Å². The third-order valence-electron chi connectivity index (χ3n) is 2.97. The highest BCUT2D eigenvalue weighted by atomic mass is 35.5. The number of urea groups is 1. The molecule has 1 radical (unpaired) electrons. The number of amides is 3. The second kappa shape index (κ2) is 7.81. The third-order valence-corrected chi connectivity index (χ3v) is 3.52. The number of imide groups is 1. The molecule has 2 aromatic carbocycles. The molecule has 24 heavy (non-hydrogen) atoms. The average molecular weight is 366 g/mol. The van der Waals surface area contributed by atoms with Crippen molar-refractivity contribution in [1.82, 2.24) is 5.32 Å².